The van der Waals surface area contributed by atoms with E-state index in [1.54, 1.807) is 24.3 Å². The molecular weight excluding hydrogens is 354 g/mol. The molecule has 0 saturated heterocycles. The zero-order valence-electron chi connectivity index (χ0n) is 15.1. The lowest BCUT2D eigenvalue weighted by Crippen LogP contribution is -2.30. The molecule has 26 heavy (non-hydrogen) atoms. The van der Waals surface area contributed by atoms with Crippen molar-refractivity contribution in [3.05, 3.63) is 53.1 Å². The van der Waals surface area contributed by atoms with Crippen molar-refractivity contribution in [1.29, 1.82) is 0 Å². The summed E-state index contributed by atoms with van der Waals surface area (Å²) in [5.41, 5.74) is 1.07. The minimum absolute atomic E-state index is 0.0326. The fraction of sp³-hybridized carbons (Fsp3) is 0.350. The number of ether oxygens (including phenoxy) is 3. The van der Waals surface area contributed by atoms with Gasteiger partial charge in [0.2, 0.25) is 0 Å². The van der Waals surface area contributed by atoms with Gasteiger partial charge in [0.15, 0.2) is 18.1 Å². The molecule has 0 aliphatic carbocycles. The number of halogens is 1. The molecule has 0 fully saturated rings. The van der Waals surface area contributed by atoms with Gasteiger partial charge in [-0.15, -0.1) is 0 Å². The van der Waals surface area contributed by atoms with Crippen molar-refractivity contribution < 1.29 is 19.0 Å². The van der Waals surface area contributed by atoms with Crippen LogP contribution in [0.5, 0.6) is 17.2 Å². The second-order valence-electron chi connectivity index (χ2n) is 5.49. The van der Waals surface area contributed by atoms with Crippen LogP contribution in [0.4, 0.5) is 0 Å². The lowest BCUT2D eigenvalue weighted by atomic mass is 10.1. The molecule has 5 nitrogen and oxygen atoms in total. The number of rotatable bonds is 10. The van der Waals surface area contributed by atoms with E-state index < -0.39 is 0 Å². The standard InChI is InChI=1S/C20H24ClNO4/c1-3-24-18-10-5-15(13-19(18)25-4-2)11-12-22-20(23)14-26-17-8-6-16(21)7-9-17/h5-10,13H,3-4,11-12,14H2,1-2H3,(H,22,23). The highest BCUT2D eigenvalue weighted by Crippen LogP contribution is 2.28. The van der Waals surface area contributed by atoms with Crippen LogP contribution < -0.4 is 19.5 Å². The highest BCUT2D eigenvalue weighted by atomic mass is 35.5. The molecule has 6 heteroatoms. The van der Waals surface area contributed by atoms with Gasteiger partial charge >= 0.3 is 0 Å². The maximum atomic E-state index is 11.9. The predicted molar refractivity (Wildman–Crippen MR) is 102 cm³/mol. The fourth-order valence-corrected chi connectivity index (χ4v) is 2.45. The maximum Gasteiger partial charge on any atom is 0.257 e. The second kappa shape index (κ2) is 10.6. The maximum absolute atomic E-state index is 11.9. The first-order chi connectivity index (χ1) is 12.6. The Hall–Kier alpha value is -2.40. The van der Waals surface area contributed by atoms with Gasteiger partial charge in [-0.25, -0.2) is 0 Å². The quantitative estimate of drug-likeness (QED) is 0.682. The van der Waals surface area contributed by atoms with Gasteiger partial charge in [-0.05, 0) is 62.2 Å². The third-order valence-electron chi connectivity index (χ3n) is 3.53. The average molecular weight is 378 g/mol. The number of hydrogen-bond acceptors (Lipinski definition) is 4. The number of hydrogen-bond donors (Lipinski definition) is 1. The van der Waals surface area contributed by atoms with Gasteiger partial charge in [-0.2, -0.15) is 0 Å². The first-order valence-corrected chi connectivity index (χ1v) is 9.03. The van der Waals surface area contributed by atoms with Gasteiger partial charge in [0.1, 0.15) is 5.75 Å². The molecule has 2 rings (SSSR count). The number of benzene rings is 2. The summed E-state index contributed by atoms with van der Waals surface area (Å²) in [6, 6.07) is 12.7. The summed E-state index contributed by atoms with van der Waals surface area (Å²) in [5.74, 6) is 1.90. The molecular formula is C20H24ClNO4. The Bertz CT molecular complexity index is 703. The van der Waals surface area contributed by atoms with Crippen molar-refractivity contribution in [3.8, 4) is 17.2 Å². The third kappa shape index (κ3) is 6.48. The summed E-state index contributed by atoms with van der Waals surface area (Å²) in [5, 5.41) is 3.47. The van der Waals surface area contributed by atoms with E-state index in [-0.39, 0.29) is 12.5 Å². The minimum Gasteiger partial charge on any atom is -0.490 e. The van der Waals surface area contributed by atoms with E-state index in [0.717, 1.165) is 17.1 Å². The Morgan fingerprint density at radius 1 is 0.962 bits per heavy atom. The summed E-state index contributed by atoms with van der Waals surface area (Å²) >= 11 is 5.81. The van der Waals surface area contributed by atoms with Crippen LogP contribution in [-0.2, 0) is 11.2 Å². The van der Waals surface area contributed by atoms with Crippen molar-refractivity contribution in [1.82, 2.24) is 5.32 Å². The Balaban J connectivity index is 1.78. The van der Waals surface area contributed by atoms with Crippen LogP contribution in [0.2, 0.25) is 5.02 Å². The smallest absolute Gasteiger partial charge is 0.257 e. The summed E-state index contributed by atoms with van der Waals surface area (Å²) in [6.45, 7) is 5.51. The zero-order chi connectivity index (χ0) is 18.8. The van der Waals surface area contributed by atoms with Gasteiger partial charge in [0.25, 0.3) is 5.91 Å². The summed E-state index contributed by atoms with van der Waals surface area (Å²) in [4.78, 5) is 11.9. The molecule has 1 amide bonds. The van der Waals surface area contributed by atoms with E-state index in [4.69, 9.17) is 25.8 Å². The molecule has 0 bridgehead atoms. The lowest BCUT2D eigenvalue weighted by molar-refractivity contribution is -0.123. The molecule has 0 heterocycles. The molecule has 0 unspecified atom stereocenters. The molecule has 1 N–H and O–H groups in total. The number of carbonyl (C=O) groups is 1. The fourth-order valence-electron chi connectivity index (χ4n) is 2.33. The molecule has 2 aromatic rings. The predicted octanol–water partition coefficient (Wildman–Crippen LogP) is 3.88. The highest BCUT2D eigenvalue weighted by Gasteiger charge is 2.07. The second-order valence-corrected chi connectivity index (χ2v) is 5.93. The van der Waals surface area contributed by atoms with E-state index >= 15 is 0 Å². The van der Waals surface area contributed by atoms with Crippen LogP contribution in [0.15, 0.2) is 42.5 Å². The third-order valence-corrected chi connectivity index (χ3v) is 3.78. The molecule has 0 aliphatic heterocycles. The summed E-state index contributed by atoms with van der Waals surface area (Å²) in [7, 11) is 0. The molecule has 0 atom stereocenters. The molecule has 0 radical (unpaired) electrons. The highest BCUT2D eigenvalue weighted by molar-refractivity contribution is 6.30. The van der Waals surface area contributed by atoms with Gasteiger partial charge in [0.05, 0.1) is 13.2 Å². The van der Waals surface area contributed by atoms with Crippen LogP contribution in [0, 0.1) is 0 Å². The van der Waals surface area contributed by atoms with Gasteiger partial charge in [-0.1, -0.05) is 17.7 Å². The topological polar surface area (TPSA) is 56.8 Å². The van der Waals surface area contributed by atoms with Crippen molar-refractivity contribution in [2.75, 3.05) is 26.4 Å². The van der Waals surface area contributed by atoms with Crippen LogP contribution >= 0.6 is 11.6 Å². The van der Waals surface area contributed by atoms with Crippen molar-refractivity contribution >= 4 is 17.5 Å². The summed E-state index contributed by atoms with van der Waals surface area (Å²) < 4.78 is 16.6. The SMILES string of the molecule is CCOc1ccc(CCNC(=O)COc2ccc(Cl)cc2)cc1OCC. The molecule has 0 aromatic heterocycles. The monoisotopic (exact) mass is 377 g/mol. The van der Waals surface area contributed by atoms with Gasteiger partial charge in [0, 0.05) is 11.6 Å². The van der Waals surface area contributed by atoms with Crippen molar-refractivity contribution in [2.45, 2.75) is 20.3 Å². The number of carbonyl (C=O) groups excluding carboxylic acids is 1. The van der Waals surface area contributed by atoms with Gasteiger partial charge in [-0.3, -0.25) is 4.79 Å². The van der Waals surface area contributed by atoms with E-state index in [1.807, 2.05) is 32.0 Å². The summed E-state index contributed by atoms with van der Waals surface area (Å²) in [6.07, 6.45) is 0.694. The number of amides is 1. The minimum atomic E-state index is -0.170. The Morgan fingerprint density at radius 3 is 2.35 bits per heavy atom. The zero-order valence-corrected chi connectivity index (χ0v) is 15.8. The van der Waals surface area contributed by atoms with E-state index in [9.17, 15) is 4.79 Å². The van der Waals surface area contributed by atoms with Crippen LogP contribution in [-0.4, -0.2) is 32.3 Å². The Kier molecular flexibility index (Phi) is 8.09. The van der Waals surface area contributed by atoms with Crippen LogP contribution in [0.1, 0.15) is 19.4 Å². The normalized spacial score (nSPS) is 10.3. The van der Waals surface area contributed by atoms with Crippen molar-refractivity contribution in [2.24, 2.45) is 0 Å². The van der Waals surface area contributed by atoms with E-state index in [2.05, 4.69) is 5.32 Å². The molecule has 0 saturated carbocycles. The first kappa shape index (κ1) is 19.9. The van der Waals surface area contributed by atoms with Gasteiger partial charge < -0.3 is 19.5 Å². The lowest BCUT2D eigenvalue weighted by Gasteiger charge is -2.13. The molecule has 140 valence electrons. The molecule has 0 spiro atoms. The molecule has 0 aliphatic rings. The van der Waals surface area contributed by atoms with Crippen LogP contribution in [0.3, 0.4) is 0 Å². The Labute approximate surface area is 159 Å². The van der Waals surface area contributed by atoms with Crippen LogP contribution in [0.25, 0.3) is 0 Å². The molecule has 2 aromatic carbocycles. The van der Waals surface area contributed by atoms with Crippen molar-refractivity contribution in [3.63, 3.8) is 0 Å². The van der Waals surface area contributed by atoms with E-state index in [0.29, 0.717) is 37.0 Å². The number of nitrogens with one attached hydrogen (secondary N) is 1. The van der Waals surface area contributed by atoms with E-state index in [1.165, 1.54) is 0 Å². The largest absolute Gasteiger partial charge is 0.490 e. The Morgan fingerprint density at radius 2 is 1.65 bits per heavy atom. The average Bonchev–Trinajstić information content (AvgIpc) is 2.64. The first-order valence-electron chi connectivity index (χ1n) is 8.66.